The molecular formula is C19H25N3O3. The fourth-order valence-electron chi connectivity index (χ4n) is 3.30. The Hall–Kier alpha value is -2.50. The summed E-state index contributed by atoms with van der Waals surface area (Å²) in [4.78, 5) is 24.4. The molecule has 0 bridgehead atoms. The SMILES string of the molecule is COc1ccc(C2=CCC(=O)N(CC(=O)NC3CCCCC3)N2)cc1. The van der Waals surface area contributed by atoms with Gasteiger partial charge in [0.1, 0.15) is 12.3 Å². The summed E-state index contributed by atoms with van der Waals surface area (Å²) in [5, 5.41) is 4.45. The molecule has 1 aromatic rings. The normalized spacial score (nSPS) is 18.4. The lowest BCUT2D eigenvalue weighted by Gasteiger charge is -2.30. The number of nitrogens with zero attached hydrogens (tertiary/aromatic N) is 1. The molecule has 1 aliphatic heterocycles. The Labute approximate surface area is 148 Å². The summed E-state index contributed by atoms with van der Waals surface area (Å²) < 4.78 is 5.16. The van der Waals surface area contributed by atoms with Crippen LogP contribution in [0.1, 0.15) is 44.1 Å². The lowest BCUT2D eigenvalue weighted by Crippen LogP contribution is -2.50. The molecule has 6 nitrogen and oxygen atoms in total. The van der Waals surface area contributed by atoms with Crippen LogP contribution in [0.15, 0.2) is 30.3 Å². The zero-order valence-corrected chi connectivity index (χ0v) is 14.6. The van der Waals surface area contributed by atoms with Crippen molar-refractivity contribution in [3.05, 3.63) is 35.9 Å². The van der Waals surface area contributed by atoms with Crippen LogP contribution in [0.4, 0.5) is 0 Å². The van der Waals surface area contributed by atoms with Crippen LogP contribution < -0.4 is 15.5 Å². The van der Waals surface area contributed by atoms with Gasteiger partial charge in [-0.15, -0.1) is 0 Å². The maximum absolute atomic E-state index is 12.3. The van der Waals surface area contributed by atoms with Gasteiger partial charge in [-0.25, -0.2) is 5.01 Å². The molecular weight excluding hydrogens is 318 g/mol. The van der Waals surface area contributed by atoms with Gasteiger partial charge in [-0.3, -0.25) is 15.0 Å². The minimum Gasteiger partial charge on any atom is -0.497 e. The van der Waals surface area contributed by atoms with Crippen molar-refractivity contribution in [2.45, 2.75) is 44.6 Å². The number of ether oxygens (including phenoxy) is 1. The number of hydrogen-bond donors (Lipinski definition) is 2. The van der Waals surface area contributed by atoms with Crippen LogP contribution in [0, 0.1) is 0 Å². The van der Waals surface area contributed by atoms with Crippen LogP contribution >= 0.6 is 0 Å². The van der Waals surface area contributed by atoms with Crippen molar-refractivity contribution in [2.75, 3.05) is 13.7 Å². The largest absolute Gasteiger partial charge is 0.497 e. The third-order valence-corrected chi connectivity index (χ3v) is 4.71. The lowest BCUT2D eigenvalue weighted by atomic mass is 9.95. The molecule has 3 rings (SSSR count). The van der Waals surface area contributed by atoms with Gasteiger partial charge >= 0.3 is 0 Å². The van der Waals surface area contributed by atoms with Gasteiger partial charge in [0.15, 0.2) is 0 Å². The summed E-state index contributed by atoms with van der Waals surface area (Å²) in [6, 6.07) is 7.84. The maximum atomic E-state index is 12.3. The van der Waals surface area contributed by atoms with Crippen LogP contribution in [-0.2, 0) is 9.59 Å². The number of amides is 2. The maximum Gasteiger partial charge on any atom is 0.245 e. The second kappa shape index (κ2) is 8.05. The molecule has 2 N–H and O–H groups in total. The van der Waals surface area contributed by atoms with Gasteiger partial charge in [0.05, 0.1) is 12.8 Å². The average Bonchev–Trinajstić information content (AvgIpc) is 2.64. The van der Waals surface area contributed by atoms with E-state index in [4.69, 9.17) is 4.74 Å². The molecule has 1 aromatic carbocycles. The van der Waals surface area contributed by atoms with Crippen molar-refractivity contribution >= 4 is 17.5 Å². The summed E-state index contributed by atoms with van der Waals surface area (Å²) in [5.41, 5.74) is 4.84. The predicted molar refractivity (Wildman–Crippen MR) is 95.5 cm³/mol. The van der Waals surface area contributed by atoms with E-state index in [1.165, 1.54) is 11.4 Å². The van der Waals surface area contributed by atoms with Crippen LogP contribution in [0.3, 0.4) is 0 Å². The smallest absolute Gasteiger partial charge is 0.245 e. The van der Waals surface area contributed by atoms with Gasteiger partial charge in [-0.05, 0) is 48.7 Å². The second-order valence-electron chi connectivity index (χ2n) is 6.54. The van der Waals surface area contributed by atoms with E-state index in [0.717, 1.165) is 42.7 Å². The molecule has 0 spiro atoms. The summed E-state index contributed by atoms with van der Waals surface area (Å²) in [6.45, 7) is 0.0306. The van der Waals surface area contributed by atoms with E-state index in [2.05, 4.69) is 10.7 Å². The minimum atomic E-state index is -0.108. The Bertz CT molecular complexity index is 648. The van der Waals surface area contributed by atoms with E-state index in [-0.39, 0.29) is 30.8 Å². The molecule has 1 fully saturated rings. The van der Waals surface area contributed by atoms with Crippen molar-refractivity contribution in [1.29, 1.82) is 0 Å². The van der Waals surface area contributed by atoms with Crippen molar-refractivity contribution in [3.8, 4) is 5.75 Å². The molecule has 0 atom stereocenters. The van der Waals surface area contributed by atoms with E-state index in [1.807, 2.05) is 30.3 Å². The zero-order valence-electron chi connectivity index (χ0n) is 14.6. The average molecular weight is 343 g/mol. The van der Waals surface area contributed by atoms with Gasteiger partial charge in [0.25, 0.3) is 0 Å². The van der Waals surface area contributed by atoms with Crippen LogP contribution in [-0.4, -0.2) is 36.5 Å². The molecule has 0 saturated heterocycles. The predicted octanol–water partition coefficient (Wildman–Crippen LogP) is 2.22. The number of hydrazine groups is 1. The Morgan fingerprint density at radius 2 is 1.96 bits per heavy atom. The van der Waals surface area contributed by atoms with Crippen molar-refractivity contribution in [1.82, 2.24) is 15.8 Å². The lowest BCUT2D eigenvalue weighted by molar-refractivity contribution is -0.138. The highest BCUT2D eigenvalue weighted by Gasteiger charge is 2.23. The van der Waals surface area contributed by atoms with Gasteiger partial charge in [0, 0.05) is 12.5 Å². The number of benzene rings is 1. The topological polar surface area (TPSA) is 70.7 Å². The van der Waals surface area contributed by atoms with Crippen molar-refractivity contribution < 1.29 is 14.3 Å². The molecule has 1 heterocycles. The first kappa shape index (κ1) is 17.3. The monoisotopic (exact) mass is 343 g/mol. The van der Waals surface area contributed by atoms with E-state index in [0.29, 0.717) is 0 Å². The fraction of sp³-hybridized carbons (Fsp3) is 0.474. The summed E-state index contributed by atoms with van der Waals surface area (Å²) in [5.74, 6) is 0.569. The number of hydrogen-bond acceptors (Lipinski definition) is 4. The summed E-state index contributed by atoms with van der Waals surface area (Å²) in [7, 11) is 1.62. The number of rotatable bonds is 5. The molecule has 134 valence electrons. The molecule has 0 aromatic heterocycles. The highest BCUT2D eigenvalue weighted by Crippen LogP contribution is 2.21. The molecule has 1 saturated carbocycles. The first-order chi connectivity index (χ1) is 12.2. The minimum absolute atomic E-state index is 0.0306. The van der Waals surface area contributed by atoms with E-state index >= 15 is 0 Å². The Balaban J connectivity index is 1.59. The molecule has 6 heteroatoms. The Morgan fingerprint density at radius 3 is 2.64 bits per heavy atom. The number of methoxy groups -OCH3 is 1. The highest BCUT2D eigenvalue weighted by molar-refractivity contribution is 5.88. The standard InChI is InChI=1S/C19H25N3O3/c1-25-16-9-7-14(8-10-16)17-11-12-19(24)22(21-17)13-18(23)20-15-5-3-2-4-6-15/h7-11,15,21H,2-6,12-13H2,1H3,(H,20,23). The zero-order chi connectivity index (χ0) is 17.6. The Morgan fingerprint density at radius 1 is 1.24 bits per heavy atom. The van der Waals surface area contributed by atoms with E-state index in [9.17, 15) is 9.59 Å². The molecule has 1 aliphatic carbocycles. The first-order valence-corrected chi connectivity index (χ1v) is 8.86. The summed E-state index contributed by atoms with van der Waals surface area (Å²) in [6.07, 6.45) is 7.76. The number of nitrogens with one attached hydrogen (secondary N) is 2. The molecule has 25 heavy (non-hydrogen) atoms. The third-order valence-electron chi connectivity index (χ3n) is 4.71. The van der Waals surface area contributed by atoms with Gasteiger partial charge in [-0.2, -0.15) is 0 Å². The number of carbonyl (C=O) groups excluding carboxylic acids is 2. The van der Waals surface area contributed by atoms with Crippen LogP contribution in [0.25, 0.3) is 5.70 Å². The van der Waals surface area contributed by atoms with Gasteiger partial charge in [-0.1, -0.05) is 19.3 Å². The molecule has 0 radical (unpaired) electrons. The highest BCUT2D eigenvalue weighted by atomic mass is 16.5. The molecule has 0 unspecified atom stereocenters. The van der Waals surface area contributed by atoms with Crippen molar-refractivity contribution in [2.24, 2.45) is 0 Å². The summed E-state index contributed by atoms with van der Waals surface area (Å²) >= 11 is 0. The van der Waals surface area contributed by atoms with Crippen LogP contribution in [0.2, 0.25) is 0 Å². The van der Waals surface area contributed by atoms with E-state index in [1.54, 1.807) is 7.11 Å². The van der Waals surface area contributed by atoms with Gasteiger partial charge in [0.2, 0.25) is 11.8 Å². The van der Waals surface area contributed by atoms with Crippen molar-refractivity contribution in [3.63, 3.8) is 0 Å². The third kappa shape index (κ3) is 4.53. The second-order valence-corrected chi connectivity index (χ2v) is 6.54. The fourth-order valence-corrected chi connectivity index (χ4v) is 3.30. The van der Waals surface area contributed by atoms with Crippen LogP contribution in [0.5, 0.6) is 5.75 Å². The van der Waals surface area contributed by atoms with Gasteiger partial charge < -0.3 is 10.1 Å². The molecule has 2 aliphatic rings. The molecule has 2 amide bonds. The first-order valence-electron chi connectivity index (χ1n) is 8.86. The Kier molecular flexibility index (Phi) is 5.58. The van der Waals surface area contributed by atoms with E-state index < -0.39 is 0 Å². The quantitative estimate of drug-likeness (QED) is 0.860. The number of carbonyl (C=O) groups is 2.